The second-order valence-electron chi connectivity index (χ2n) is 8.23. The van der Waals surface area contributed by atoms with Crippen molar-refractivity contribution in [2.75, 3.05) is 26.2 Å². The summed E-state index contributed by atoms with van der Waals surface area (Å²) in [5, 5.41) is 6.10. The van der Waals surface area contributed by atoms with Crippen molar-refractivity contribution in [3.63, 3.8) is 0 Å². The summed E-state index contributed by atoms with van der Waals surface area (Å²) in [4.78, 5) is 26.6. The number of hydrogen-bond donors (Lipinski definition) is 2. The Kier molecular flexibility index (Phi) is 6.65. The standard InChI is InChI=1S/C19H30F3N3O2/c20-19(21,22)15-7-2-1-6-14(15)18(27)25-10-4-5-13(12-25)11-24-17(26)16-8-3-9-23-16/h13-16,23H,1-12H2,(H,24,26). The van der Waals surface area contributed by atoms with E-state index in [2.05, 4.69) is 10.6 Å². The van der Waals surface area contributed by atoms with Gasteiger partial charge in [-0.3, -0.25) is 9.59 Å². The summed E-state index contributed by atoms with van der Waals surface area (Å²) in [6.07, 6.45) is 0.788. The van der Waals surface area contributed by atoms with Gasteiger partial charge in [0.1, 0.15) is 0 Å². The average Bonchev–Trinajstić information content (AvgIpc) is 3.20. The molecule has 8 heteroatoms. The maximum atomic E-state index is 13.3. The summed E-state index contributed by atoms with van der Waals surface area (Å²) in [6.45, 7) is 2.30. The number of nitrogens with one attached hydrogen (secondary N) is 2. The van der Waals surface area contributed by atoms with Crippen LogP contribution in [0, 0.1) is 17.8 Å². The topological polar surface area (TPSA) is 61.4 Å². The van der Waals surface area contributed by atoms with Crippen LogP contribution in [0.15, 0.2) is 0 Å². The lowest BCUT2D eigenvalue weighted by Gasteiger charge is -2.39. The fourth-order valence-corrected chi connectivity index (χ4v) is 4.76. The number of carbonyl (C=O) groups excluding carboxylic acids is 2. The first-order valence-electron chi connectivity index (χ1n) is 10.2. The molecule has 3 rings (SSSR count). The minimum absolute atomic E-state index is 0.0136. The van der Waals surface area contributed by atoms with Gasteiger partial charge in [0.05, 0.1) is 12.0 Å². The summed E-state index contributed by atoms with van der Waals surface area (Å²) >= 11 is 0. The van der Waals surface area contributed by atoms with Gasteiger partial charge in [0, 0.05) is 25.6 Å². The molecular weight excluding hydrogens is 359 g/mol. The molecule has 0 aromatic rings. The van der Waals surface area contributed by atoms with Gasteiger partial charge < -0.3 is 15.5 Å². The molecule has 1 saturated carbocycles. The van der Waals surface area contributed by atoms with Gasteiger partial charge in [-0.05, 0) is 51.0 Å². The van der Waals surface area contributed by atoms with Crippen LogP contribution in [-0.2, 0) is 9.59 Å². The third-order valence-electron chi connectivity index (χ3n) is 6.28. The van der Waals surface area contributed by atoms with E-state index in [1.165, 1.54) is 0 Å². The minimum atomic E-state index is -4.31. The zero-order valence-electron chi connectivity index (χ0n) is 15.7. The van der Waals surface area contributed by atoms with Crippen LogP contribution >= 0.6 is 0 Å². The van der Waals surface area contributed by atoms with Gasteiger partial charge in [0.15, 0.2) is 0 Å². The number of halogens is 3. The predicted molar refractivity (Wildman–Crippen MR) is 94.8 cm³/mol. The van der Waals surface area contributed by atoms with E-state index in [1.54, 1.807) is 4.90 Å². The lowest BCUT2D eigenvalue weighted by atomic mass is 9.77. The smallest absolute Gasteiger partial charge is 0.354 e. The molecule has 27 heavy (non-hydrogen) atoms. The van der Waals surface area contributed by atoms with E-state index in [0.29, 0.717) is 38.9 Å². The number of nitrogens with zero attached hydrogens (tertiary/aromatic N) is 1. The third kappa shape index (κ3) is 5.15. The van der Waals surface area contributed by atoms with Crippen LogP contribution in [0.2, 0.25) is 0 Å². The van der Waals surface area contributed by atoms with Crippen LogP contribution < -0.4 is 10.6 Å². The molecule has 5 nitrogen and oxygen atoms in total. The van der Waals surface area contributed by atoms with Gasteiger partial charge >= 0.3 is 6.18 Å². The zero-order valence-corrected chi connectivity index (χ0v) is 15.7. The molecule has 1 aliphatic carbocycles. The number of alkyl halides is 3. The SMILES string of the molecule is O=C(NCC1CCCN(C(=O)C2CCCCC2C(F)(F)F)C1)C1CCCN1. The van der Waals surface area contributed by atoms with Crippen molar-refractivity contribution in [1.82, 2.24) is 15.5 Å². The number of likely N-dealkylation sites (tertiary alicyclic amines) is 1. The molecule has 2 saturated heterocycles. The molecule has 2 heterocycles. The Morgan fingerprint density at radius 2 is 1.81 bits per heavy atom. The molecule has 2 N–H and O–H groups in total. The Labute approximate surface area is 158 Å². The van der Waals surface area contributed by atoms with E-state index in [-0.39, 0.29) is 30.2 Å². The van der Waals surface area contributed by atoms with Crippen LogP contribution in [-0.4, -0.2) is 55.1 Å². The first-order valence-corrected chi connectivity index (χ1v) is 10.2. The van der Waals surface area contributed by atoms with Crippen molar-refractivity contribution in [2.45, 2.75) is 63.6 Å². The molecule has 154 valence electrons. The molecule has 2 amide bonds. The van der Waals surface area contributed by atoms with Crippen LogP contribution in [0.25, 0.3) is 0 Å². The summed E-state index contributed by atoms with van der Waals surface area (Å²) in [7, 11) is 0. The quantitative estimate of drug-likeness (QED) is 0.777. The second kappa shape index (κ2) is 8.80. The second-order valence-corrected chi connectivity index (χ2v) is 8.23. The molecule has 4 unspecified atom stereocenters. The maximum Gasteiger partial charge on any atom is 0.392 e. The number of piperidine rings is 1. The highest BCUT2D eigenvalue weighted by Crippen LogP contribution is 2.42. The first-order chi connectivity index (χ1) is 12.9. The molecule has 0 radical (unpaired) electrons. The van der Waals surface area contributed by atoms with E-state index in [1.807, 2.05) is 0 Å². The number of hydrogen-bond acceptors (Lipinski definition) is 3. The molecule has 2 aliphatic heterocycles. The Morgan fingerprint density at radius 3 is 2.52 bits per heavy atom. The van der Waals surface area contributed by atoms with Gasteiger partial charge in [0.2, 0.25) is 11.8 Å². The van der Waals surface area contributed by atoms with Crippen molar-refractivity contribution >= 4 is 11.8 Å². The monoisotopic (exact) mass is 389 g/mol. The summed E-state index contributed by atoms with van der Waals surface area (Å²) < 4.78 is 40.0. The molecule has 0 aromatic carbocycles. The van der Waals surface area contributed by atoms with Gasteiger partial charge in [-0.2, -0.15) is 13.2 Å². The van der Waals surface area contributed by atoms with Crippen molar-refractivity contribution in [1.29, 1.82) is 0 Å². The Morgan fingerprint density at radius 1 is 1.04 bits per heavy atom. The fourth-order valence-electron chi connectivity index (χ4n) is 4.76. The Hall–Kier alpha value is -1.31. The normalized spacial score (nSPS) is 32.3. The van der Waals surface area contributed by atoms with E-state index in [4.69, 9.17) is 0 Å². The lowest BCUT2D eigenvalue weighted by Crippen LogP contribution is -2.50. The summed E-state index contributed by atoms with van der Waals surface area (Å²) in [6, 6.07) is -0.138. The Balaban J connectivity index is 1.53. The molecule has 0 aromatic heterocycles. The number of carbonyl (C=O) groups is 2. The van der Waals surface area contributed by atoms with E-state index >= 15 is 0 Å². The van der Waals surface area contributed by atoms with Gasteiger partial charge in [0.25, 0.3) is 0 Å². The molecular formula is C19H30F3N3O2. The molecule has 3 fully saturated rings. The number of rotatable bonds is 4. The lowest BCUT2D eigenvalue weighted by molar-refractivity contribution is -0.201. The maximum absolute atomic E-state index is 13.3. The van der Waals surface area contributed by atoms with Gasteiger partial charge in [-0.1, -0.05) is 12.8 Å². The summed E-state index contributed by atoms with van der Waals surface area (Å²) in [5.74, 6) is -2.69. The van der Waals surface area contributed by atoms with Crippen molar-refractivity contribution < 1.29 is 22.8 Å². The average molecular weight is 389 g/mol. The zero-order chi connectivity index (χ0) is 19.4. The molecule has 0 spiro atoms. The third-order valence-corrected chi connectivity index (χ3v) is 6.28. The minimum Gasteiger partial charge on any atom is -0.354 e. The van der Waals surface area contributed by atoms with E-state index in [0.717, 1.165) is 32.2 Å². The highest BCUT2D eigenvalue weighted by molar-refractivity contribution is 5.82. The summed E-state index contributed by atoms with van der Waals surface area (Å²) in [5.41, 5.74) is 0. The molecule has 4 atom stereocenters. The highest BCUT2D eigenvalue weighted by atomic mass is 19.4. The van der Waals surface area contributed by atoms with E-state index in [9.17, 15) is 22.8 Å². The highest BCUT2D eigenvalue weighted by Gasteiger charge is 2.49. The van der Waals surface area contributed by atoms with Crippen LogP contribution in [0.3, 0.4) is 0 Å². The molecule has 0 bridgehead atoms. The van der Waals surface area contributed by atoms with Crippen molar-refractivity contribution in [3.8, 4) is 0 Å². The van der Waals surface area contributed by atoms with Gasteiger partial charge in [-0.25, -0.2) is 0 Å². The first kappa shape index (κ1) is 20.4. The molecule has 3 aliphatic rings. The van der Waals surface area contributed by atoms with Crippen molar-refractivity contribution in [3.05, 3.63) is 0 Å². The van der Waals surface area contributed by atoms with Crippen LogP contribution in [0.1, 0.15) is 51.4 Å². The van der Waals surface area contributed by atoms with Crippen LogP contribution in [0.4, 0.5) is 13.2 Å². The number of amides is 2. The van der Waals surface area contributed by atoms with Gasteiger partial charge in [-0.15, -0.1) is 0 Å². The van der Waals surface area contributed by atoms with Crippen LogP contribution in [0.5, 0.6) is 0 Å². The predicted octanol–water partition coefficient (Wildman–Crippen LogP) is 2.46. The van der Waals surface area contributed by atoms with E-state index < -0.39 is 18.0 Å². The largest absolute Gasteiger partial charge is 0.392 e. The Bertz CT molecular complexity index is 535. The van der Waals surface area contributed by atoms with Crippen molar-refractivity contribution in [2.24, 2.45) is 17.8 Å². The fraction of sp³-hybridized carbons (Fsp3) is 0.895.